The Kier molecular flexibility index (Phi) is 2.98. The molecule has 2 aromatic rings. The van der Waals surface area contributed by atoms with Crippen LogP contribution in [0.3, 0.4) is 0 Å². The first-order valence-corrected chi connectivity index (χ1v) is 7.86. The maximum Gasteiger partial charge on any atom is 0.280 e. The minimum absolute atomic E-state index is 0.00758. The first kappa shape index (κ1) is 14.0. The average molecular weight is 325 g/mol. The molecule has 0 aromatic carbocycles. The zero-order chi connectivity index (χ0) is 15.5. The van der Waals surface area contributed by atoms with Gasteiger partial charge in [0.25, 0.3) is 5.56 Å². The fraction of sp³-hybridized carbons (Fsp3) is 0.583. The number of nitrogens with two attached hydrogens (primary N) is 1. The number of fused-ring (bicyclic) bond motifs is 1. The van der Waals surface area contributed by atoms with Gasteiger partial charge in [0.1, 0.15) is 12.2 Å². The first-order chi connectivity index (χ1) is 10.6. The Morgan fingerprint density at radius 2 is 2.41 bits per heavy atom. The summed E-state index contributed by atoms with van der Waals surface area (Å²) in [4.78, 5) is 22.5. The third-order valence-corrected chi connectivity index (χ3v) is 5.91. The van der Waals surface area contributed by atoms with Crippen LogP contribution in [0.1, 0.15) is 12.6 Å². The lowest BCUT2D eigenvalue weighted by Crippen LogP contribution is -2.50. The molecule has 4 rings (SSSR count). The molecule has 4 atom stereocenters. The second kappa shape index (κ2) is 4.69. The third-order valence-electron chi connectivity index (χ3n) is 4.32. The monoisotopic (exact) mass is 325 g/mol. The van der Waals surface area contributed by atoms with Gasteiger partial charge in [-0.3, -0.25) is 14.3 Å². The van der Waals surface area contributed by atoms with E-state index in [4.69, 9.17) is 10.5 Å². The smallest absolute Gasteiger partial charge is 0.280 e. The number of aliphatic hydroxyl groups excluding tert-OH is 2. The van der Waals surface area contributed by atoms with Crippen molar-refractivity contribution in [1.82, 2.24) is 19.5 Å². The third kappa shape index (κ3) is 1.69. The molecule has 2 saturated heterocycles. The summed E-state index contributed by atoms with van der Waals surface area (Å²) in [6.07, 6.45) is 0.187. The van der Waals surface area contributed by atoms with E-state index in [2.05, 4.69) is 15.0 Å². The molecule has 5 N–H and O–H groups in total. The van der Waals surface area contributed by atoms with Crippen molar-refractivity contribution in [2.45, 2.75) is 29.6 Å². The second-order valence-electron chi connectivity index (χ2n) is 5.48. The minimum atomic E-state index is -0.793. The molecule has 2 aliphatic heterocycles. The van der Waals surface area contributed by atoms with Crippen LogP contribution >= 0.6 is 11.8 Å². The van der Waals surface area contributed by atoms with Gasteiger partial charge in [-0.25, -0.2) is 4.98 Å². The molecule has 4 heterocycles. The van der Waals surface area contributed by atoms with Gasteiger partial charge in [0.05, 0.1) is 17.7 Å². The molecule has 0 unspecified atom stereocenters. The summed E-state index contributed by atoms with van der Waals surface area (Å²) in [5.41, 5.74) is 5.66. The number of aromatic nitrogens is 4. The zero-order valence-electron chi connectivity index (χ0n) is 11.5. The molecule has 0 aliphatic carbocycles. The van der Waals surface area contributed by atoms with E-state index in [1.54, 1.807) is 16.3 Å². The van der Waals surface area contributed by atoms with E-state index < -0.39 is 28.7 Å². The standard InChI is InChI=1S/C12H15N5O4S/c13-11-15-8-6(9(20)16-11)14-4-17(8)10-12(1-2-22-12)7(19)5(3-18)21-10/h4-5,7,10,18-19H,1-3H2,(H3,13,15,16,20)/t5-,7-,10-,12-/m1/s1. The van der Waals surface area contributed by atoms with Crippen LogP contribution < -0.4 is 11.3 Å². The highest BCUT2D eigenvalue weighted by Crippen LogP contribution is 2.57. The molecule has 0 bridgehead atoms. The van der Waals surface area contributed by atoms with Crippen LogP contribution in [-0.4, -0.2) is 59.0 Å². The number of anilines is 1. The molecule has 10 heteroatoms. The van der Waals surface area contributed by atoms with Gasteiger partial charge in [-0.1, -0.05) is 0 Å². The van der Waals surface area contributed by atoms with E-state index in [0.29, 0.717) is 5.65 Å². The summed E-state index contributed by atoms with van der Waals surface area (Å²) in [6.45, 7) is -0.275. The Bertz CT molecular complexity index is 785. The lowest BCUT2D eigenvalue weighted by molar-refractivity contribution is -0.0444. The van der Waals surface area contributed by atoms with Crippen molar-refractivity contribution >= 4 is 28.9 Å². The number of imidazole rings is 1. The summed E-state index contributed by atoms with van der Waals surface area (Å²) in [5.74, 6) is 0.893. The number of aromatic amines is 1. The lowest BCUT2D eigenvalue weighted by Gasteiger charge is -2.43. The Morgan fingerprint density at radius 1 is 1.64 bits per heavy atom. The Balaban J connectivity index is 1.86. The topological polar surface area (TPSA) is 139 Å². The maximum atomic E-state index is 11.9. The van der Waals surface area contributed by atoms with E-state index in [9.17, 15) is 15.0 Å². The molecule has 2 aliphatic rings. The molecule has 9 nitrogen and oxygen atoms in total. The zero-order valence-corrected chi connectivity index (χ0v) is 12.3. The van der Waals surface area contributed by atoms with Crippen molar-refractivity contribution in [2.75, 3.05) is 18.1 Å². The first-order valence-electron chi connectivity index (χ1n) is 6.87. The number of H-pyrrole nitrogens is 1. The number of nitrogens with zero attached hydrogens (tertiary/aromatic N) is 3. The van der Waals surface area contributed by atoms with Crippen molar-refractivity contribution in [3.63, 3.8) is 0 Å². The van der Waals surface area contributed by atoms with Gasteiger partial charge in [-0.2, -0.15) is 4.98 Å². The maximum absolute atomic E-state index is 11.9. The predicted octanol–water partition coefficient (Wildman–Crippen LogP) is -1.17. The number of rotatable bonds is 2. The van der Waals surface area contributed by atoms with Crippen LogP contribution in [0.15, 0.2) is 11.1 Å². The molecular formula is C12H15N5O4S. The molecule has 2 aromatic heterocycles. The van der Waals surface area contributed by atoms with E-state index in [0.717, 1.165) is 12.2 Å². The summed E-state index contributed by atoms with van der Waals surface area (Å²) in [5, 5.41) is 19.9. The summed E-state index contributed by atoms with van der Waals surface area (Å²) < 4.78 is 6.88. The fourth-order valence-corrected chi connectivity index (χ4v) is 4.45. The highest BCUT2D eigenvalue weighted by Gasteiger charge is 2.60. The number of thioether (sulfide) groups is 1. The highest BCUT2D eigenvalue weighted by atomic mass is 32.2. The largest absolute Gasteiger partial charge is 0.394 e. The fourth-order valence-electron chi connectivity index (χ4n) is 3.14. The van der Waals surface area contributed by atoms with Crippen molar-refractivity contribution in [3.8, 4) is 0 Å². The van der Waals surface area contributed by atoms with E-state index >= 15 is 0 Å². The van der Waals surface area contributed by atoms with Crippen molar-refractivity contribution in [2.24, 2.45) is 0 Å². The van der Waals surface area contributed by atoms with Crippen LogP contribution in [0, 0.1) is 0 Å². The van der Waals surface area contributed by atoms with Crippen LogP contribution in [0.25, 0.3) is 11.2 Å². The van der Waals surface area contributed by atoms with Gasteiger partial charge in [0.2, 0.25) is 5.95 Å². The number of ether oxygens (including phenoxy) is 1. The van der Waals surface area contributed by atoms with Gasteiger partial charge in [0.15, 0.2) is 17.4 Å². The summed E-state index contributed by atoms with van der Waals surface area (Å²) in [6, 6.07) is 0. The quantitative estimate of drug-likeness (QED) is 0.541. The van der Waals surface area contributed by atoms with Crippen LogP contribution in [0.4, 0.5) is 5.95 Å². The molecule has 22 heavy (non-hydrogen) atoms. The van der Waals surface area contributed by atoms with Crippen molar-refractivity contribution in [3.05, 3.63) is 16.7 Å². The molecule has 0 radical (unpaired) electrons. The van der Waals surface area contributed by atoms with Gasteiger partial charge >= 0.3 is 0 Å². The van der Waals surface area contributed by atoms with Gasteiger partial charge < -0.3 is 20.7 Å². The van der Waals surface area contributed by atoms with Gasteiger partial charge in [-0.05, 0) is 12.2 Å². The number of nitrogen functional groups attached to an aromatic ring is 1. The summed E-state index contributed by atoms with van der Waals surface area (Å²) >= 11 is 1.59. The van der Waals surface area contributed by atoms with Crippen LogP contribution in [-0.2, 0) is 4.74 Å². The van der Waals surface area contributed by atoms with Gasteiger partial charge in [-0.15, -0.1) is 11.8 Å². The number of hydrogen-bond donors (Lipinski definition) is 4. The Labute approximate surface area is 128 Å². The number of hydrogen-bond acceptors (Lipinski definition) is 8. The van der Waals surface area contributed by atoms with E-state index in [-0.39, 0.29) is 18.1 Å². The second-order valence-corrected chi connectivity index (χ2v) is 6.94. The number of nitrogens with one attached hydrogen (secondary N) is 1. The average Bonchev–Trinajstić information content (AvgIpc) is 2.96. The van der Waals surface area contributed by atoms with Gasteiger partial charge in [0, 0.05) is 0 Å². The normalized spacial score (nSPS) is 34.4. The van der Waals surface area contributed by atoms with Crippen LogP contribution in [0.5, 0.6) is 0 Å². The summed E-state index contributed by atoms with van der Waals surface area (Å²) in [7, 11) is 0. The predicted molar refractivity (Wildman–Crippen MR) is 79.4 cm³/mol. The van der Waals surface area contributed by atoms with E-state index in [1.807, 2.05) is 0 Å². The molecule has 2 fully saturated rings. The van der Waals surface area contributed by atoms with E-state index in [1.165, 1.54) is 6.33 Å². The van der Waals surface area contributed by atoms with Crippen LogP contribution in [0.2, 0.25) is 0 Å². The van der Waals surface area contributed by atoms with Crippen molar-refractivity contribution < 1.29 is 14.9 Å². The Morgan fingerprint density at radius 3 is 3.05 bits per heavy atom. The lowest BCUT2D eigenvalue weighted by atomic mass is 9.94. The molecular weight excluding hydrogens is 310 g/mol. The minimum Gasteiger partial charge on any atom is -0.394 e. The Hall–Kier alpha value is -1.62. The molecule has 1 spiro atoms. The number of aliphatic hydroxyl groups is 2. The molecule has 0 amide bonds. The molecule has 118 valence electrons. The highest BCUT2D eigenvalue weighted by molar-refractivity contribution is 8.02. The molecule has 0 saturated carbocycles. The van der Waals surface area contributed by atoms with Crippen molar-refractivity contribution in [1.29, 1.82) is 0 Å². The SMILES string of the molecule is Nc1nc2c(ncn2[C@@H]2O[C@H](CO)[C@@H](O)[C@]23CCS3)c(=O)[nH]1.